The Kier molecular flexibility index (Phi) is 4.77. The van der Waals surface area contributed by atoms with Gasteiger partial charge in [0.05, 0.1) is 11.3 Å². The molecule has 3 aromatic rings. The molecule has 0 aromatic carbocycles. The number of aromatic nitrogens is 4. The van der Waals surface area contributed by atoms with Crippen molar-refractivity contribution in [1.82, 2.24) is 19.7 Å². The lowest BCUT2D eigenvalue weighted by Crippen LogP contribution is -2.24. The van der Waals surface area contributed by atoms with E-state index in [0.29, 0.717) is 10.8 Å². The average Bonchev–Trinajstić information content (AvgIpc) is 3.35. The van der Waals surface area contributed by atoms with Crippen molar-refractivity contribution in [2.24, 2.45) is 0 Å². The second kappa shape index (κ2) is 7.14. The van der Waals surface area contributed by atoms with Gasteiger partial charge in [0.1, 0.15) is 11.4 Å². The van der Waals surface area contributed by atoms with Crippen LogP contribution in [0.25, 0.3) is 11.4 Å². The summed E-state index contributed by atoms with van der Waals surface area (Å²) >= 11 is 1.28. The van der Waals surface area contributed by atoms with Crippen LogP contribution in [-0.4, -0.2) is 32.7 Å². The Labute approximate surface area is 168 Å². The SMILES string of the molecule is CC(=O)N(C)c1cc(C(F)(F)F)cnc1Nc1nc(-c2cc3n(n2)CCC3)cs1. The van der Waals surface area contributed by atoms with E-state index in [1.165, 1.54) is 25.3 Å². The van der Waals surface area contributed by atoms with Gasteiger partial charge in [0.15, 0.2) is 10.9 Å². The zero-order valence-electron chi connectivity index (χ0n) is 15.6. The second-order valence-corrected chi connectivity index (χ2v) is 7.54. The largest absolute Gasteiger partial charge is 0.417 e. The summed E-state index contributed by atoms with van der Waals surface area (Å²) in [7, 11) is 1.39. The Morgan fingerprint density at radius 2 is 2.10 bits per heavy atom. The number of amides is 1. The molecule has 1 N–H and O–H groups in total. The standard InChI is InChI=1S/C18H17F3N6OS/c1-10(28)26(2)15-6-11(18(19,20)21)8-22-16(15)24-17-23-14(9-29-17)13-7-12-4-3-5-27(12)25-13/h6-9H,3-5H2,1-2H3,(H,22,23,24). The van der Waals surface area contributed by atoms with Gasteiger partial charge in [0, 0.05) is 37.8 Å². The van der Waals surface area contributed by atoms with Crippen molar-refractivity contribution in [3.8, 4) is 11.4 Å². The fourth-order valence-electron chi connectivity index (χ4n) is 3.07. The summed E-state index contributed by atoms with van der Waals surface area (Å²) in [6, 6.07) is 2.89. The first-order valence-electron chi connectivity index (χ1n) is 8.83. The molecule has 0 saturated heterocycles. The number of nitrogens with one attached hydrogen (secondary N) is 1. The van der Waals surface area contributed by atoms with E-state index in [-0.39, 0.29) is 11.5 Å². The zero-order chi connectivity index (χ0) is 20.8. The molecular formula is C18H17F3N6OS. The molecule has 11 heteroatoms. The number of carbonyl (C=O) groups excluding carboxylic acids is 1. The Morgan fingerprint density at radius 3 is 2.79 bits per heavy atom. The molecule has 0 radical (unpaired) electrons. The minimum Gasteiger partial charge on any atom is -0.314 e. The molecule has 1 amide bonds. The lowest BCUT2D eigenvalue weighted by atomic mass is 10.2. The number of aryl methyl sites for hydroxylation is 2. The van der Waals surface area contributed by atoms with Crippen LogP contribution in [0.3, 0.4) is 0 Å². The molecule has 0 aliphatic carbocycles. The van der Waals surface area contributed by atoms with Gasteiger partial charge in [-0.3, -0.25) is 9.48 Å². The fourth-order valence-corrected chi connectivity index (χ4v) is 3.77. The zero-order valence-corrected chi connectivity index (χ0v) is 16.4. The number of rotatable bonds is 4. The molecule has 0 saturated carbocycles. The van der Waals surface area contributed by atoms with E-state index < -0.39 is 17.6 Å². The molecule has 29 heavy (non-hydrogen) atoms. The maximum absolute atomic E-state index is 13.1. The van der Waals surface area contributed by atoms with Crippen molar-refractivity contribution in [3.63, 3.8) is 0 Å². The minimum atomic E-state index is -4.56. The molecule has 0 bridgehead atoms. The number of thiazole rings is 1. The van der Waals surface area contributed by atoms with Crippen molar-refractivity contribution < 1.29 is 18.0 Å². The Morgan fingerprint density at radius 1 is 1.31 bits per heavy atom. The predicted octanol–water partition coefficient (Wildman–Crippen LogP) is 4.09. The summed E-state index contributed by atoms with van der Waals surface area (Å²) in [6.45, 7) is 2.16. The summed E-state index contributed by atoms with van der Waals surface area (Å²) in [5, 5.41) is 9.72. The molecule has 0 atom stereocenters. The number of nitrogens with zero attached hydrogens (tertiary/aromatic N) is 5. The quantitative estimate of drug-likeness (QED) is 0.685. The number of hydrogen-bond donors (Lipinski definition) is 1. The molecule has 0 spiro atoms. The van der Waals surface area contributed by atoms with Crippen LogP contribution in [0, 0.1) is 0 Å². The minimum absolute atomic E-state index is 0.0186. The first-order chi connectivity index (χ1) is 13.7. The Balaban J connectivity index is 1.63. The van der Waals surface area contributed by atoms with Gasteiger partial charge < -0.3 is 10.2 Å². The molecule has 4 rings (SSSR count). The van der Waals surface area contributed by atoms with Crippen LogP contribution in [-0.2, 0) is 23.9 Å². The highest BCUT2D eigenvalue weighted by atomic mass is 32.1. The maximum Gasteiger partial charge on any atom is 0.417 e. The van der Waals surface area contributed by atoms with Crippen LogP contribution >= 0.6 is 11.3 Å². The highest BCUT2D eigenvalue weighted by Gasteiger charge is 2.32. The first kappa shape index (κ1) is 19.4. The predicted molar refractivity (Wildman–Crippen MR) is 103 cm³/mol. The van der Waals surface area contributed by atoms with E-state index in [1.54, 1.807) is 0 Å². The van der Waals surface area contributed by atoms with Crippen molar-refractivity contribution in [2.45, 2.75) is 32.5 Å². The number of anilines is 3. The van der Waals surface area contributed by atoms with Crippen molar-refractivity contribution in [1.29, 1.82) is 0 Å². The van der Waals surface area contributed by atoms with Gasteiger partial charge in [-0.05, 0) is 25.0 Å². The van der Waals surface area contributed by atoms with E-state index in [9.17, 15) is 18.0 Å². The van der Waals surface area contributed by atoms with Gasteiger partial charge in [0.2, 0.25) is 5.91 Å². The van der Waals surface area contributed by atoms with Crippen LogP contribution in [0.2, 0.25) is 0 Å². The summed E-state index contributed by atoms with van der Waals surface area (Å²) < 4.78 is 41.2. The van der Waals surface area contributed by atoms with Gasteiger partial charge in [-0.25, -0.2) is 9.97 Å². The molecule has 1 aliphatic heterocycles. The van der Waals surface area contributed by atoms with Gasteiger partial charge in [0.25, 0.3) is 0 Å². The van der Waals surface area contributed by atoms with Crippen molar-refractivity contribution in [3.05, 3.63) is 35.0 Å². The fraction of sp³-hybridized carbons (Fsp3) is 0.333. The lowest BCUT2D eigenvalue weighted by molar-refractivity contribution is -0.137. The van der Waals surface area contributed by atoms with Crippen LogP contribution in [0.15, 0.2) is 23.7 Å². The number of alkyl halides is 3. The Bertz CT molecular complexity index is 1050. The highest BCUT2D eigenvalue weighted by molar-refractivity contribution is 7.14. The molecule has 152 valence electrons. The summed E-state index contributed by atoms with van der Waals surface area (Å²) in [5.41, 5.74) is 1.68. The molecule has 0 unspecified atom stereocenters. The van der Waals surface area contributed by atoms with Crippen molar-refractivity contribution >= 4 is 33.9 Å². The monoisotopic (exact) mass is 422 g/mol. The topological polar surface area (TPSA) is 75.9 Å². The van der Waals surface area contributed by atoms with Crippen LogP contribution in [0.4, 0.5) is 29.8 Å². The van der Waals surface area contributed by atoms with E-state index >= 15 is 0 Å². The summed E-state index contributed by atoms with van der Waals surface area (Å²) in [4.78, 5) is 21.2. The van der Waals surface area contributed by atoms with Crippen molar-refractivity contribution in [2.75, 3.05) is 17.3 Å². The van der Waals surface area contributed by atoms with Crippen LogP contribution < -0.4 is 10.2 Å². The molecule has 1 aliphatic rings. The maximum atomic E-state index is 13.1. The molecule has 4 heterocycles. The summed E-state index contributed by atoms with van der Waals surface area (Å²) in [6.07, 6.45) is -1.76. The van der Waals surface area contributed by atoms with E-state index in [4.69, 9.17) is 0 Å². The third kappa shape index (κ3) is 3.82. The molecule has 0 fully saturated rings. The average molecular weight is 422 g/mol. The van der Waals surface area contributed by atoms with E-state index in [2.05, 4.69) is 20.4 Å². The number of pyridine rings is 1. The molecule has 7 nitrogen and oxygen atoms in total. The molecular weight excluding hydrogens is 405 g/mol. The first-order valence-corrected chi connectivity index (χ1v) is 9.71. The summed E-state index contributed by atoms with van der Waals surface area (Å²) in [5.74, 6) is -0.300. The molecule has 3 aromatic heterocycles. The Hall–Kier alpha value is -2.95. The van der Waals surface area contributed by atoms with Gasteiger partial charge in [-0.1, -0.05) is 0 Å². The van der Waals surface area contributed by atoms with Crippen LogP contribution in [0.1, 0.15) is 24.6 Å². The van der Waals surface area contributed by atoms with Gasteiger partial charge in [-0.15, -0.1) is 11.3 Å². The number of hydrogen-bond acceptors (Lipinski definition) is 6. The lowest BCUT2D eigenvalue weighted by Gasteiger charge is -2.20. The van der Waals surface area contributed by atoms with Crippen LogP contribution in [0.5, 0.6) is 0 Å². The van der Waals surface area contributed by atoms with E-state index in [0.717, 1.165) is 47.9 Å². The number of fused-ring (bicyclic) bond motifs is 1. The second-order valence-electron chi connectivity index (χ2n) is 6.68. The highest BCUT2D eigenvalue weighted by Crippen LogP contribution is 2.36. The van der Waals surface area contributed by atoms with Gasteiger partial charge in [-0.2, -0.15) is 18.3 Å². The van der Waals surface area contributed by atoms with Gasteiger partial charge >= 0.3 is 6.18 Å². The third-order valence-corrected chi connectivity index (χ3v) is 5.44. The number of halogens is 3. The van der Waals surface area contributed by atoms with E-state index in [1.807, 2.05) is 16.1 Å². The third-order valence-electron chi connectivity index (χ3n) is 4.69. The number of carbonyl (C=O) groups is 1. The normalized spacial score (nSPS) is 13.4. The smallest absolute Gasteiger partial charge is 0.314 e.